The molecule has 128 valence electrons. The van der Waals surface area contributed by atoms with E-state index in [1.807, 2.05) is 13.0 Å². The topological polar surface area (TPSA) is 69.7 Å². The van der Waals surface area contributed by atoms with Crippen molar-refractivity contribution in [2.75, 3.05) is 31.3 Å². The number of amides is 3. The summed E-state index contributed by atoms with van der Waals surface area (Å²) in [6.45, 7) is 5.33. The van der Waals surface area contributed by atoms with E-state index in [-0.39, 0.29) is 24.3 Å². The van der Waals surface area contributed by atoms with Gasteiger partial charge in [-0.25, -0.2) is 0 Å². The van der Waals surface area contributed by atoms with Crippen LogP contribution in [0.25, 0.3) is 0 Å². The highest BCUT2D eigenvalue weighted by Crippen LogP contribution is 2.23. The van der Waals surface area contributed by atoms with Crippen molar-refractivity contribution in [3.05, 3.63) is 11.6 Å². The lowest BCUT2D eigenvalue weighted by Crippen LogP contribution is -2.49. The first-order valence-corrected chi connectivity index (χ1v) is 9.31. The van der Waals surface area contributed by atoms with Crippen LogP contribution in [-0.4, -0.2) is 64.8 Å². The molecule has 1 N–H and O–H groups in total. The Balaban J connectivity index is 1.88. The van der Waals surface area contributed by atoms with Crippen molar-refractivity contribution >= 4 is 29.5 Å². The fraction of sp³-hybridized carbons (Fsp3) is 0.688. The highest BCUT2D eigenvalue weighted by Gasteiger charge is 2.35. The number of hydrogen-bond donors (Lipinski definition) is 1. The van der Waals surface area contributed by atoms with E-state index >= 15 is 0 Å². The number of nitrogens with one attached hydrogen (secondary N) is 1. The lowest BCUT2D eigenvalue weighted by molar-refractivity contribution is -0.137. The first-order valence-electron chi connectivity index (χ1n) is 8.15. The maximum Gasteiger partial charge on any atom is 0.250 e. The standard InChI is InChI=1S/C16H25N3O3S/c1-3-6-12(2)16(22)19-11-23-10-13(19)15(21)17-9-14(20)18-7-4-5-8-18/h6,13H,3-5,7-11H2,1-2H3,(H,17,21)/b12-6+/t13-/m0/s1. The van der Waals surface area contributed by atoms with Gasteiger partial charge >= 0.3 is 0 Å². The Labute approximate surface area is 141 Å². The van der Waals surface area contributed by atoms with Gasteiger partial charge in [-0.2, -0.15) is 0 Å². The first-order chi connectivity index (χ1) is 11.0. The molecule has 0 radical (unpaired) electrons. The largest absolute Gasteiger partial charge is 0.345 e. The van der Waals surface area contributed by atoms with E-state index in [9.17, 15) is 14.4 Å². The molecular weight excluding hydrogens is 314 g/mol. The van der Waals surface area contributed by atoms with Gasteiger partial charge in [0.1, 0.15) is 6.04 Å². The third kappa shape index (κ3) is 4.50. The van der Waals surface area contributed by atoms with Crippen molar-refractivity contribution < 1.29 is 14.4 Å². The van der Waals surface area contributed by atoms with Gasteiger partial charge in [0.15, 0.2) is 0 Å². The van der Waals surface area contributed by atoms with Crippen molar-refractivity contribution in [3.8, 4) is 0 Å². The molecule has 7 heteroatoms. The van der Waals surface area contributed by atoms with Gasteiger partial charge in [0.2, 0.25) is 11.8 Å². The number of hydrogen-bond acceptors (Lipinski definition) is 4. The Morgan fingerprint density at radius 2 is 1.96 bits per heavy atom. The lowest BCUT2D eigenvalue weighted by Gasteiger charge is -2.24. The van der Waals surface area contributed by atoms with Crippen LogP contribution in [0, 0.1) is 0 Å². The highest BCUT2D eigenvalue weighted by atomic mass is 32.2. The third-order valence-electron chi connectivity index (χ3n) is 4.17. The van der Waals surface area contributed by atoms with Crippen LogP contribution in [0.4, 0.5) is 0 Å². The van der Waals surface area contributed by atoms with Crippen molar-refractivity contribution in [1.29, 1.82) is 0 Å². The van der Waals surface area contributed by atoms with Gasteiger partial charge in [0.25, 0.3) is 5.91 Å². The molecule has 23 heavy (non-hydrogen) atoms. The highest BCUT2D eigenvalue weighted by molar-refractivity contribution is 7.99. The minimum absolute atomic E-state index is 0.0197. The fourth-order valence-corrected chi connectivity index (χ4v) is 3.99. The zero-order chi connectivity index (χ0) is 16.8. The molecule has 2 rings (SSSR count). The van der Waals surface area contributed by atoms with Crippen LogP contribution in [0.5, 0.6) is 0 Å². The van der Waals surface area contributed by atoms with Gasteiger partial charge in [0.05, 0.1) is 12.4 Å². The summed E-state index contributed by atoms with van der Waals surface area (Å²) in [6.07, 6.45) is 4.73. The molecule has 0 saturated carbocycles. The molecule has 2 aliphatic heterocycles. The molecule has 0 unspecified atom stereocenters. The minimum Gasteiger partial charge on any atom is -0.345 e. The Hall–Kier alpha value is -1.50. The maximum absolute atomic E-state index is 12.4. The van der Waals surface area contributed by atoms with Crippen molar-refractivity contribution in [2.45, 2.75) is 39.2 Å². The van der Waals surface area contributed by atoms with E-state index in [1.165, 1.54) is 0 Å². The third-order valence-corrected chi connectivity index (χ3v) is 5.18. The SMILES string of the molecule is CC/C=C(\C)C(=O)N1CSC[C@H]1C(=O)NCC(=O)N1CCCC1. The summed E-state index contributed by atoms with van der Waals surface area (Å²) in [6, 6.07) is -0.487. The second-order valence-electron chi connectivity index (χ2n) is 5.89. The van der Waals surface area contributed by atoms with E-state index < -0.39 is 6.04 Å². The van der Waals surface area contributed by atoms with Crippen LogP contribution in [0.1, 0.15) is 33.1 Å². The van der Waals surface area contributed by atoms with Crippen LogP contribution in [0.15, 0.2) is 11.6 Å². The van der Waals surface area contributed by atoms with E-state index in [1.54, 1.807) is 28.5 Å². The molecule has 2 fully saturated rings. The first kappa shape index (κ1) is 17.8. The molecule has 1 atom stereocenters. The molecule has 2 saturated heterocycles. The Morgan fingerprint density at radius 3 is 2.61 bits per heavy atom. The van der Waals surface area contributed by atoms with Gasteiger partial charge in [-0.15, -0.1) is 11.8 Å². The quantitative estimate of drug-likeness (QED) is 0.758. The molecule has 0 aromatic rings. The molecule has 0 aromatic carbocycles. The minimum atomic E-state index is -0.487. The van der Waals surface area contributed by atoms with Crippen molar-refractivity contribution in [1.82, 2.24) is 15.1 Å². The molecule has 0 aliphatic carbocycles. The summed E-state index contributed by atoms with van der Waals surface area (Å²) >= 11 is 1.56. The van der Waals surface area contributed by atoms with E-state index in [0.717, 1.165) is 32.4 Å². The van der Waals surface area contributed by atoms with E-state index in [0.29, 0.717) is 17.2 Å². The predicted molar refractivity (Wildman–Crippen MR) is 90.8 cm³/mol. The van der Waals surface area contributed by atoms with Gasteiger partial charge < -0.3 is 15.1 Å². The average Bonchev–Trinajstić information content (AvgIpc) is 3.22. The molecular formula is C16H25N3O3S. The Bertz CT molecular complexity index is 501. The molecule has 0 aromatic heterocycles. The summed E-state index contributed by atoms with van der Waals surface area (Å²) in [4.78, 5) is 40.1. The number of allylic oxidation sites excluding steroid dienone is 1. The maximum atomic E-state index is 12.4. The van der Waals surface area contributed by atoms with Gasteiger partial charge in [0, 0.05) is 24.4 Å². The van der Waals surface area contributed by atoms with Crippen molar-refractivity contribution in [3.63, 3.8) is 0 Å². The zero-order valence-electron chi connectivity index (χ0n) is 13.8. The number of thioether (sulfide) groups is 1. The van der Waals surface area contributed by atoms with Crippen LogP contribution in [0.2, 0.25) is 0 Å². The second-order valence-corrected chi connectivity index (χ2v) is 6.89. The summed E-state index contributed by atoms with van der Waals surface area (Å²) in [5.74, 6) is 0.727. The monoisotopic (exact) mass is 339 g/mol. The number of nitrogens with zero attached hydrogens (tertiary/aromatic N) is 2. The number of rotatable bonds is 5. The number of carbonyl (C=O) groups excluding carboxylic acids is 3. The summed E-state index contributed by atoms with van der Waals surface area (Å²) in [7, 11) is 0. The lowest BCUT2D eigenvalue weighted by atomic mass is 10.2. The van der Waals surface area contributed by atoms with Crippen LogP contribution in [-0.2, 0) is 14.4 Å². The van der Waals surface area contributed by atoms with Crippen LogP contribution >= 0.6 is 11.8 Å². The van der Waals surface area contributed by atoms with Crippen LogP contribution < -0.4 is 5.32 Å². The fourth-order valence-electron chi connectivity index (χ4n) is 2.84. The smallest absolute Gasteiger partial charge is 0.250 e. The molecule has 2 aliphatic rings. The normalized spacial score (nSPS) is 21.7. The van der Waals surface area contributed by atoms with E-state index in [4.69, 9.17) is 0 Å². The summed E-state index contributed by atoms with van der Waals surface area (Å²) in [5.41, 5.74) is 0.668. The van der Waals surface area contributed by atoms with Crippen LogP contribution in [0.3, 0.4) is 0 Å². The van der Waals surface area contributed by atoms with Gasteiger partial charge in [-0.05, 0) is 26.2 Å². The van der Waals surface area contributed by atoms with Gasteiger partial charge in [-0.3, -0.25) is 14.4 Å². The average molecular weight is 339 g/mol. The molecule has 2 heterocycles. The number of likely N-dealkylation sites (tertiary alicyclic amines) is 1. The van der Waals surface area contributed by atoms with E-state index in [2.05, 4.69) is 5.32 Å². The van der Waals surface area contributed by atoms with Crippen molar-refractivity contribution in [2.24, 2.45) is 0 Å². The summed E-state index contributed by atoms with van der Waals surface area (Å²) < 4.78 is 0. The zero-order valence-corrected chi connectivity index (χ0v) is 14.7. The Morgan fingerprint density at radius 1 is 1.26 bits per heavy atom. The molecule has 6 nitrogen and oxygen atoms in total. The van der Waals surface area contributed by atoms with Gasteiger partial charge in [-0.1, -0.05) is 13.0 Å². The molecule has 0 bridgehead atoms. The summed E-state index contributed by atoms with van der Waals surface area (Å²) in [5, 5.41) is 2.70. The molecule has 3 amide bonds. The molecule has 0 spiro atoms. The number of carbonyl (C=O) groups is 3. The second kappa shape index (κ2) is 8.38. The Kier molecular flexibility index (Phi) is 6.50. The predicted octanol–water partition coefficient (Wildman–Crippen LogP) is 0.983.